The molecule has 0 bridgehead atoms. The van der Waals surface area contributed by atoms with Crippen molar-refractivity contribution < 1.29 is 33.0 Å². The van der Waals surface area contributed by atoms with E-state index >= 15 is 0 Å². The van der Waals surface area contributed by atoms with Crippen LogP contribution in [0.4, 0.5) is 26.2 Å². The molecule has 0 aliphatic carbocycles. The van der Waals surface area contributed by atoms with Crippen molar-refractivity contribution in [3.63, 3.8) is 0 Å². The zero-order valence-corrected chi connectivity index (χ0v) is 20.3. The van der Waals surface area contributed by atoms with Crippen LogP contribution >= 0.6 is 0 Å². The summed E-state index contributed by atoms with van der Waals surface area (Å²) in [6.07, 6.45) is -1.13. The highest BCUT2D eigenvalue weighted by molar-refractivity contribution is 5.96. The smallest absolute Gasteiger partial charge is 0.414 e. The zero-order chi connectivity index (χ0) is 26.5. The number of halogens is 1. The number of esters is 1. The number of nitrogen functional groups attached to an aromatic ring is 1. The van der Waals surface area contributed by atoms with Gasteiger partial charge in [-0.2, -0.15) is 0 Å². The summed E-state index contributed by atoms with van der Waals surface area (Å²) < 4.78 is 25.3. The number of piperazine rings is 1. The number of nitrogens with one attached hydrogen (secondary N) is 1. The first-order valence-corrected chi connectivity index (χ1v) is 11.8. The molecule has 3 N–H and O–H groups in total. The number of anilines is 3. The first-order chi connectivity index (χ1) is 17.7. The van der Waals surface area contributed by atoms with Gasteiger partial charge in [0.15, 0.2) is 6.61 Å². The molecule has 1 atom stereocenters. The van der Waals surface area contributed by atoms with Gasteiger partial charge in [-0.15, -0.1) is 0 Å². The summed E-state index contributed by atoms with van der Waals surface area (Å²) in [5.74, 6) is -1.76. The maximum Gasteiger partial charge on any atom is 0.414 e. The Balaban J connectivity index is 1.29. The second-order valence-corrected chi connectivity index (χ2v) is 8.72. The van der Waals surface area contributed by atoms with Crippen LogP contribution in [0.5, 0.6) is 0 Å². The van der Waals surface area contributed by atoms with Gasteiger partial charge in [-0.1, -0.05) is 12.1 Å². The van der Waals surface area contributed by atoms with Gasteiger partial charge >= 0.3 is 12.1 Å². The molecular formula is C25H28FN5O6. The van der Waals surface area contributed by atoms with Crippen LogP contribution in [0.15, 0.2) is 42.5 Å². The molecule has 2 saturated heterocycles. The molecule has 0 radical (unpaired) electrons. The van der Waals surface area contributed by atoms with Crippen LogP contribution in [-0.4, -0.2) is 80.8 Å². The summed E-state index contributed by atoms with van der Waals surface area (Å²) >= 11 is 0. The summed E-state index contributed by atoms with van der Waals surface area (Å²) in [4.78, 5) is 52.7. The Morgan fingerprint density at radius 1 is 1.14 bits per heavy atom. The lowest BCUT2D eigenvalue weighted by Crippen LogP contribution is -2.50. The fraction of sp³-hybridized carbons (Fsp3) is 0.360. The van der Waals surface area contributed by atoms with E-state index in [1.165, 1.54) is 24.0 Å². The molecule has 0 spiro atoms. The van der Waals surface area contributed by atoms with Crippen molar-refractivity contribution in [2.75, 3.05) is 61.4 Å². The summed E-state index contributed by atoms with van der Waals surface area (Å²) in [5, 5.41) is 2.60. The van der Waals surface area contributed by atoms with Crippen LogP contribution in [-0.2, 0) is 19.1 Å². The van der Waals surface area contributed by atoms with E-state index in [-0.39, 0.29) is 36.2 Å². The third-order valence-corrected chi connectivity index (χ3v) is 6.18. The summed E-state index contributed by atoms with van der Waals surface area (Å²) in [6, 6.07) is 10.9. The number of para-hydroxylation sites is 1. The van der Waals surface area contributed by atoms with E-state index in [1.54, 1.807) is 35.2 Å². The fourth-order valence-corrected chi connectivity index (χ4v) is 4.19. The van der Waals surface area contributed by atoms with Gasteiger partial charge in [0.2, 0.25) is 5.91 Å². The lowest BCUT2D eigenvalue weighted by Gasteiger charge is -2.36. The number of hydrogen-bond donors (Lipinski definition) is 2. The van der Waals surface area contributed by atoms with E-state index in [9.17, 15) is 23.6 Å². The highest BCUT2D eigenvalue weighted by Gasteiger charge is 2.33. The number of rotatable bonds is 7. The Hall–Kier alpha value is -4.35. The van der Waals surface area contributed by atoms with Crippen molar-refractivity contribution in [1.29, 1.82) is 0 Å². The predicted molar refractivity (Wildman–Crippen MR) is 133 cm³/mol. The second-order valence-electron chi connectivity index (χ2n) is 8.72. The van der Waals surface area contributed by atoms with Crippen LogP contribution in [0.25, 0.3) is 0 Å². The van der Waals surface area contributed by atoms with Crippen LogP contribution in [0.1, 0.15) is 17.3 Å². The molecule has 196 valence electrons. The van der Waals surface area contributed by atoms with E-state index in [4.69, 9.17) is 15.2 Å². The fourth-order valence-electron chi connectivity index (χ4n) is 4.19. The number of nitrogens with zero attached hydrogens (tertiary/aromatic N) is 3. The number of cyclic esters (lactones) is 1. The SMILES string of the molecule is CC(=O)NCC1CN(c2ccc(N3CCN(C(=O)COC(=O)c4ccccc4N)CC3)c(F)c2)C(=O)O1. The average molecular weight is 514 g/mol. The van der Waals surface area contributed by atoms with Gasteiger partial charge in [-0.05, 0) is 30.3 Å². The van der Waals surface area contributed by atoms with Gasteiger partial charge in [0.25, 0.3) is 5.91 Å². The minimum absolute atomic E-state index is 0.181. The largest absolute Gasteiger partial charge is 0.452 e. The minimum Gasteiger partial charge on any atom is -0.452 e. The van der Waals surface area contributed by atoms with E-state index in [0.717, 1.165) is 0 Å². The van der Waals surface area contributed by atoms with E-state index in [0.29, 0.717) is 37.6 Å². The number of carbonyl (C=O) groups excluding carboxylic acids is 4. The lowest BCUT2D eigenvalue weighted by atomic mass is 10.2. The van der Waals surface area contributed by atoms with Crippen molar-refractivity contribution in [1.82, 2.24) is 10.2 Å². The quantitative estimate of drug-likeness (QED) is 0.419. The number of amides is 3. The van der Waals surface area contributed by atoms with Gasteiger partial charge in [0.05, 0.1) is 30.0 Å². The second kappa shape index (κ2) is 11.1. The molecule has 2 fully saturated rings. The first kappa shape index (κ1) is 25.7. The molecule has 37 heavy (non-hydrogen) atoms. The normalized spacial score (nSPS) is 17.4. The third-order valence-electron chi connectivity index (χ3n) is 6.18. The van der Waals surface area contributed by atoms with Gasteiger partial charge in [-0.3, -0.25) is 14.5 Å². The van der Waals surface area contributed by atoms with Crippen LogP contribution < -0.4 is 20.9 Å². The van der Waals surface area contributed by atoms with Crippen molar-refractivity contribution >= 4 is 40.9 Å². The molecule has 12 heteroatoms. The van der Waals surface area contributed by atoms with Gasteiger partial charge in [-0.25, -0.2) is 14.0 Å². The zero-order valence-electron chi connectivity index (χ0n) is 20.3. The number of carbonyl (C=O) groups is 4. The van der Waals surface area contributed by atoms with Gasteiger partial charge < -0.3 is 30.3 Å². The molecule has 3 amide bonds. The van der Waals surface area contributed by atoms with Crippen molar-refractivity contribution in [2.45, 2.75) is 13.0 Å². The maximum atomic E-state index is 15.0. The summed E-state index contributed by atoms with van der Waals surface area (Å²) in [5.41, 5.74) is 6.94. The van der Waals surface area contributed by atoms with Gasteiger partial charge in [0.1, 0.15) is 11.9 Å². The highest BCUT2D eigenvalue weighted by Crippen LogP contribution is 2.28. The molecular weight excluding hydrogens is 485 g/mol. The van der Waals surface area contributed by atoms with Crippen LogP contribution in [0.2, 0.25) is 0 Å². The Kier molecular flexibility index (Phi) is 7.75. The Morgan fingerprint density at radius 2 is 1.86 bits per heavy atom. The van der Waals surface area contributed by atoms with Crippen molar-refractivity contribution in [3.8, 4) is 0 Å². The van der Waals surface area contributed by atoms with Crippen LogP contribution in [0.3, 0.4) is 0 Å². The Labute approximate surface area is 212 Å². The predicted octanol–water partition coefficient (Wildman–Crippen LogP) is 1.37. The number of hydrogen-bond acceptors (Lipinski definition) is 8. The summed E-state index contributed by atoms with van der Waals surface area (Å²) in [7, 11) is 0. The lowest BCUT2D eigenvalue weighted by molar-refractivity contribution is -0.134. The first-order valence-electron chi connectivity index (χ1n) is 11.8. The Bertz CT molecular complexity index is 1200. The number of ether oxygens (including phenoxy) is 2. The molecule has 0 aromatic heterocycles. The molecule has 11 nitrogen and oxygen atoms in total. The monoisotopic (exact) mass is 513 g/mol. The molecule has 2 aliphatic heterocycles. The highest BCUT2D eigenvalue weighted by atomic mass is 19.1. The standard InChI is InChI=1S/C25H28FN5O6/c1-16(32)28-13-18-14-31(25(35)37-18)17-6-7-22(20(26)12-17)29-8-10-30(11-9-29)23(33)15-36-24(34)19-4-2-3-5-21(19)27/h2-7,12,18H,8-11,13-15,27H2,1H3,(H,28,32). The number of nitrogens with two attached hydrogens (primary N) is 1. The summed E-state index contributed by atoms with van der Waals surface area (Å²) in [6.45, 7) is 2.75. The molecule has 2 heterocycles. The molecule has 1 unspecified atom stereocenters. The van der Waals surface area contributed by atoms with Gasteiger partial charge in [0, 0.05) is 38.8 Å². The minimum atomic E-state index is -0.671. The molecule has 2 aromatic carbocycles. The van der Waals surface area contributed by atoms with Crippen LogP contribution in [0, 0.1) is 5.82 Å². The molecule has 2 aromatic rings. The Morgan fingerprint density at radius 3 is 2.54 bits per heavy atom. The topological polar surface area (TPSA) is 135 Å². The van der Waals surface area contributed by atoms with Crippen molar-refractivity contribution in [3.05, 3.63) is 53.8 Å². The van der Waals surface area contributed by atoms with E-state index in [2.05, 4.69) is 5.32 Å². The molecule has 4 rings (SSSR count). The van der Waals surface area contributed by atoms with Crippen molar-refractivity contribution in [2.24, 2.45) is 0 Å². The third kappa shape index (κ3) is 6.08. The average Bonchev–Trinajstić information content (AvgIpc) is 3.26. The molecule has 0 saturated carbocycles. The van der Waals surface area contributed by atoms with E-state index < -0.39 is 30.6 Å². The molecule has 2 aliphatic rings. The van der Waals surface area contributed by atoms with E-state index in [1.807, 2.05) is 4.90 Å². The number of benzene rings is 2. The maximum absolute atomic E-state index is 15.0.